The van der Waals surface area contributed by atoms with Gasteiger partial charge in [0.2, 0.25) is 5.69 Å². The molecule has 1 saturated carbocycles. The maximum absolute atomic E-state index is 10.5. The van der Waals surface area contributed by atoms with Gasteiger partial charge in [0.25, 0.3) is 0 Å². The van der Waals surface area contributed by atoms with Gasteiger partial charge in [-0.05, 0) is 18.5 Å². The van der Waals surface area contributed by atoms with Gasteiger partial charge in [0.05, 0.1) is 4.92 Å². The van der Waals surface area contributed by atoms with Crippen molar-refractivity contribution in [2.45, 2.75) is 18.5 Å². The van der Waals surface area contributed by atoms with Crippen molar-refractivity contribution in [3.8, 4) is 0 Å². The Bertz CT molecular complexity index is 386. The molecule has 1 fully saturated rings. The van der Waals surface area contributed by atoms with Gasteiger partial charge in [-0.1, -0.05) is 0 Å². The monoisotopic (exact) mass is 213 g/mol. The number of carbonyl (C=O) groups is 1. The van der Waals surface area contributed by atoms with E-state index in [1.54, 1.807) is 0 Å². The molecule has 0 bridgehead atoms. The molecule has 2 rings (SSSR count). The van der Waals surface area contributed by atoms with Crippen molar-refractivity contribution in [3.63, 3.8) is 0 Å². The van der Waals surface area contributed by atoms with Crippen LogP contribution >= 0.6 is 8.73 Å². The van der Waals surface area contributed by atoms with Crippen molar-refractivity contribution in [2.24, 2.45) is 0 Å². The minimum absolute atomic E-state index is 0.0804. The summed E-state index contributed by atoms with van der Waals surface area (Å²) in [6, 6.07) is 0. The maximum Gasteiger partial charge on any atom is 0.318 e. The van der Waals surface area contributed by atoms with Gasteiger partial charge >= 0.3 is 5.69 Å². The fraction of sp³-hybridized carbons (Fsp3) is 0.429. The first-order valence-corrected chi connectivity index (χ1v) is 5.19. The van der Waals surface area contributed by atoms with Crippen LogP contribution in [0.4, 0.5) is 5.69 Å². The molecule has 0 spiro atoms. The second-order valence-corrected chi connectivity index (χ2v) is 4.66. The van der Waals surface area contributed by atoms with Crippen LogP contribution in [0.3, 0.4) is 0 Å². The number of nitrogens with zero attached hydrogens (tertiary/aromatic N) is 3. The molecule has 0 aliphatic heterocycles. The number of rotatable bonds is 4. The molecule has 0 radical (unpaired) electrons. The smallest absolute Gasteiger partial charge is 0.296 e. The average Bonchev–Trinajstić information content (AvgIpc) is 2.83. The predicted molar refractivity (Wildman–Crippen MR) is 51.0 cm³/mol. The zero-order valence-electron chi connectivity index (χ0n) is 7.21. The van der Waals surface area contributed by atoms with E-state index in [9.17, 15) is 14.9 Å². The molecule has 1 aliphatic carbocycles. The van der Waals surface area contributed by atoms with Crippen LogP contribution in [0.25, 0.3) is 0 Å². The summed E-state index contributed by atoms with van der Waals surface area (Å²) in [7, 11) is 0.427. The molecule has 7 heteroatoms. The van der Waals surface area contributed by atoms with E-state index in [4.69, 9.17) is 0 Å². The van der Waals surface area contributed by atoms with Crippen LogP contribution in [0.1, 0.15) is 23.3 Å². The molecule has 0 amide bonds. The highest BCUT2D eigenvalue weighted by Gasteiger charge is 2.25. The van der Waals surface area contributed by atoms with Crippen molar-refractivity contribution >= 4 is 20.7 Å². The van der Waals surface area contributed by atoms with Crippen molar-refractivity contribution in [2.75, 3.05) is 0 Å². The fourth-order valence-corrected chi connectivity index (χ4v) is 2.23. The van der Waals surface area contributed by atoms with E-state index in [1.807, 2.05) is 0 Å². The van der Waals surface area contributed by atoms with Crippen LogP contribution in [0.15, 0.2) is 6.20 Å². The van der Waals surface area contributed by atoms with Gasteiger partial charge in [0.15, 0.2) is 6.29 Å². The van der Waals surface area contributed by atoms with Gasteiger partial charge in [-0.2, -0.15) is 5.10 Å². The first-order valence-electron chi connectivity index (χ1n) is 4.16. The lowest BCUT2D eigenvalue weighted by atomic mass is 10.4. The number of hydrogen-bond acceptors (Lipinski definition) is 4. The van der Waals surface area contributed by atoms with Crippen molar-refractivity contribution in [1.82, 2.24) is 9.55 Å². The minimum Gasteiger partial charge on any atom is -0.296 e. The highest BCUT2D eigenvalue weighted by Crippen LogP contribution is 2.40. The summed E-state index contributed by atoms with van der Waals surface area (Å²) >= 11 is 0. The number of nitro groups is 1. The van der Waals surface area contributed by atoms with Gasteiger partial charge in [0, 0.05) is 8.73 Å². The van der Waals surface area contributed by atoms with E-state index in [-0.39, 0.29) is 11.4 Å². The van der Waals surface area contributed by atoms with E-state index in [1.165, 1.54) is 10.6 Å². The van der Waals surface area contributed by atoms with E-state index in [0.717, 1.165) is 12.8 Å². The molecular weight excluding hydrogens is 205 g/mol. The van der Waals surface area contributed by atoms with E-state index < -0.39 is 4.92 Å². The average molecular weight is 213 g/mol. The van der Waals surface area contributed by atoms with Gasteiger partial charge in [-0.3, -0.25) is 14.9 Å². The summed E-state index contributed by atoms with van der Waals surface area (Å²) < 4.78 is 1.51. The largest absolute Gasteiger partial charge is 0.318 e. The number of aromatic nitrogens is 2. The zero-order valence-corrected chi connectivity index (χ0v) is 8.21. The van der Waals surface area contributed by atoms with Gasteiger partial charge in [-0.25, -0.2) is 4.45 Å². The minimum atomic E-state index is -0.579. The Kier molecular flexibility index (Phi) is 2.29. The molecule has 14 heavy (non-hydrogen) atoms. The summed E-state index contributed by atoms with van der Waals surface area (Å²) in [5.74, 6) is 0. The zero-order chi connectivity index (χ0) is 10.1. The van der Waals surface area contributed by atoms with Crippen LogP contribution in [0.2, 0.25) is 0 Å². The Morgan fingerprint density at radius 1 is 1.71 bits per heavy atom. The van der Waals surface area contributed by atoms with Crippen LogP contribution in [-0.4, -0.2) is 26.4 Å². The summed E-state index contributed by atoms with van der Waals surface area (Å²) in [4.78, 5) is 20.4. The first-order chi connectivity index (χ1) is 6.70. The van der Waals surface area contributed by atoms with Crippen LogP contribution < -0.4 is 0 Å². The fourth-order valence-electron chi connectivity index (χ4n) is 1.07. The third-order valence-electron chi connectivity index (χ3n) is 1.92. The quantitative estimate of drug-likeness (QED) is 0.326. The van der Waals surface area contributed by atoms with Crippen molar-refractivity contribution < 1.29 is 9.72 Å². The second kappa shape index (κ2) is 3.46. The third-order valence-corrected chi connectivity index (χ3v) is 3.36. The molecule has 6 nitrogen and oxygen atoms in total. The number of hydrogen-bond donors (Lipinski definition) is 0. The lowest BCUT2D eigenvalue weighted by Gasteiger charge is -1.94. The van der Waals surface area contributed by atoms with Crippen molar-refractivity contribution in [1.29, 1.82) is 0 Å². The molecule has 1 aliphatic rings. The van der Waals surface area contributed by atoms with E-state index in [2.05, 4.69) is 5.10 Å². The normalized spacial score (nSPS) is 16.3. The SMILES string of the molecule is O=Cc1nn(PC2CC2)cc1[N+](=O)[O-]. The van der Waals surface area contributed by atoms with Crippen LogP contribution in [0.5, 0.6) is 0 Å². The summed E-state index contributed by atoms with van der Waals surface area (Å²) in [5.41, 5.74) is 0.324. The third kappa shape index (κ3) is 1.80. The van der Waals surface area contributed by atoms with Gasteiger partial charge < -0.3 is 0 Å². The molecule has 0 aromatic carbocycles. The summed E-state index contributed by atoms with van der Waals surface area (Å²) in [6.07, 6.45) is 4.07. The Labute approximate surface area is 81.3 Å². The van der Waals surface area contributed by atoms with Gasteiger partial charge in [0.1, 0.15) is 6.20 Å². The highest BCUT2D eigenvalue weighted by molar-refractivity contribution is 7.37. The molecule has 0 saturated heterocycles. The second-order valence-electron chi connectivity index (χ2n) is 3.12. The van der Waals surface area contributed by atoms with Crippen LogP contribution in [0, 0.1) is 10.1 Å². The lowest BCUT2D eigenvalue weighted by molar-refractivity contribution is -0.385. The predicted octanol–water partition coefficient (Wildman–Crippen LogP) is 1.21. The molecule has 0 N–H and O–H groups in total. The Morgan fingerprint density at radius 2 is 2.43 bits per heavy atom. The molecule has 1 atom stereocenters. The maximum atomic E-state index is 10.5. The Balaban J connectivity index is 2.24. The summed E-state index contributed by atoms with van der Waals surface area (Å²) in [5, 5.41) is 14.3. The highest BCUT2D eigenvalue weighted by atomic mass is 31.1. The Morgan fingerprint density at radius 3 is 2.86 bits per heavy atom. The molecular formula is C7H8N3O3P. The Hall–Kier alpha value is -1.29. The number of carbonyl (C=O) groups excluding carboxylic acids is 1. The number of aldehydes is 1. The lowest BCUT2D eigenvalue weighted by Crippen LogP contribution is -1.91. The molecule has 1 heterocycles. The molecule has 1 aromatic rings. The molecule has 1 unspecified atom stereocenters. The van der Waals surface area contributed by atoms with E-state index in [0.29, 0.717) is 20.7 Å². The van der Waals surface area contributed by atoms with Crippen LogP contribution in [-0.2, 0) is 0 Å². The summed E-state index contributed by atoms with van der Waals surface area (Å²) in [6.45, 7) is 0. The molecule has 1 aromatic heterocycles. The molecule has 74 valence electrons. The van der Waals surface area contributed by atoms with Crippen molar-refractivity contribution in [3.05, 3.63) is 22.0 Å². The topological polar surface area (TPSA) is 78.0 Å². The van der Waals surface area contributed by atoms with E-state index >= 15 is 0 Å². The first kappa shape index (κ1) is 9.27. The van der Waals surface area contributed by atoms with Gasteiger partial charge in [-0.15, -0.1) is 0 Å². The standard InChI is InChI=1S/C7H8N3O3P/c11-4-6-7(10(12)13)3-9(8-6)14-5-1-2-5/h3-5,14H,1-2H2.